The molecular formula is C10H15NO2S. The molecule has 0 aliphatic rings. The van der Waals surface area contributed by atoms with Crippen LogP contribution in [0.2, 0.25) is 0 Å². The third kappa shape index (κ3) is 3.57. The summed E-state index contributed by atoms with van der Waals surface area (Å²) in [6.45, 7) is 0. The number of nitrogen functional groups attached to an aromatic ring is 1. The van der Waals surface area contributed by atoms with Gasteiger partial charge >= 0.3 is 0 Å². The molecule has 0 unspecified atom stereocenters. The zero-order valence-electron chi connectivity index (χ0n) is 8.40. The van der Waals surface area contributed by atoms with Crippen molar-refractivity contribution in [3.05, 3.63) is 24.3 Å². The van der Waals surface area contributed by atoms with Crippen molar-refractivity contribution in [2.75, 3.05) is 25.7 Å². The van der Waals surface area contributed by atoms with Crippen LogP contribution in [-0.4, -0.2) is 26.3 Å². The molecule has 4 heteroatoms. The van der Waals surface area contributed by atoms with E-state index in [0.717, 1.165) is 16.3 Å². The second-order valence-corrected chi connectivity index (χ2v) is 3.88. The number of anilines is 1. The Kier molecular flexibility index (Phi) is 4.79. The number of hydrogen-bond acceptors (Lipinski definition) is 4. The zero-order chi connectivity index (χ0) is 10.4. The molecule has 78 valence electrons. The molecule has 0 saturated heterocycles. The Bertz CT molecular complexity index is 277. The second-order valence-electron chi connectivity index (χ2n) is 2.78. The van der Waals surface area contributed by atoms with Gasteiger partial charge in [0.15, 0.2) is 6.29 Å². The maximum atomic E-state index is 5.65. The highest BCUT2D eigenvalue weighted by Crippen LogP contribution is 2.21. The van der Waals surface area contributed by atoms with Crippen LogP contribution >= 0.6 is 11.8 Å². The van der Waals surface area contributed by atoms with Crippen LogP contribution in [0.15, 0.2) is 29.2 Å². The van der Waals surface area contributed by atoms with E-state index >= 15 is 0 Å². The van der Waals surface area contributed by atoms with Gasteiger partial charge in [0.1, 0.15) is 0 Å². The Morgan fingerprint density at radius 2 is 2.07 bits per heavy atom. The number of nitrogens with two attached hydrogens (primary N) is 1. The van der Waals surface area contributed by atoms with E-state index in [1.807, 2.05) is 24.3 Å². The second kappa shape index (κ2) is 5.90. The van der Waals surface area contributed by atoms with E-state index < -0.39 is 0 Å². The van der Waals surface area contributed by atoms with E-state index in [0.29, 0.717) is 0 Å². The van der Waals surface area contributed by atoms with E-state index in [-0.39, 0.29) is 6.29 Å². The van der Waals surface area contributed by atoms with Crippen molar-refractivity contribution in [3.63, 3.8) is 0 Å². The lowest BCUT2D eigenvalue weighted by atomic mass is 10.3. The summed E-state index contributed by atoms with van der Waals surface area (Å²) >= 11 is 1.66. The molecule has 0 aromatic heterocycles. The van der Waals surface area contributed by atoms with Gasteiger partial charge in [-0.1, -0.05) is 6.07 Å². The Morgan fingerprint density at radius 3 is 2.64 bits per heavy atom. The topological polar surface area (TPSA) is 44.5 Å². The number of ether oxygens (including phenoxy) is 2. The molecule has 3 nitrogen and oxygen atoms in total. The fraction of sp³-hybridized carbons (Fsp3) is 0.400. The van der Waals surface area contributed by atoms with Gasteiger partial charge < -0.3 is 15.2 Å². The quantitative estimate of drug-likeness (QED) is 0.461. The highest BCUT2D eigenvalue weighted by molar-refractivity contribution is 7.99. The Morgan fingerprint density at radius 1 is 1.36 bits per heavy atom. The minimum atomic E-state index is -0.165. The molecule has 0 fully saturated rings. The maximum absolute atomic E-state index is 5.65. The van der Waals surface area contributed by atoms with Crippen LogP contribution in [0.25, 0.3) is 0 Å². The van der Waals surface area contributed by atoms with Crippen LogP contribution in [0, 0.1) is 0 Å². The molecule has 0 atom stereocenters. The molecule has 0 bridgehead atoms. The first kappa shape index (κ1) is 11.4. The van der Waals surface area contributed by atoms with Crippen molar-refractivity contribution in [2.24, 2.45) is 0 Å². The molecule has 0 aliphatic heterocycles. The van der Waals surface area contributed by atoms with Crippen molar-refractivity contribution in [2.45, 2.75) is 11.2 Å². The van der Waals surface area contributed by atoms with E-state index in [9.17, 15) is 0 Å². The number of methoxy groups -OCH3 is 2. The molecule has 0 heterocycles. The minimum absolute atomic E-state index is 0.165. The summed E-state index contributed by atoms with van der Waals surface area (Å²) < 4.78 is 10.2. The Labute approximate surface area is 88.6 Å². The van der Waals surface area contributed by atoms with Gasteiger partial charge in [-0.25, -0.2) is 0 Å². The number of hydrogen-bond donors (Lipinski definition) is 1. The van der Waals surface area contributed by atoms with Crippen LogP contribution in [0.5, 0.6) is 0 Å². The van der Waals surface area contributed by atoms with Crippen LogP contribution in [-0.2, 0) is 9.47 Å². The third-order valence-corrected chi connectivity index (χ3v) is 2.80. The lowest BCUT2D eigenvalue weighted by molar-refractivity contribution is -0.0842. The Balaban J connectivity index is 2.44. The first-order chi connectivity index (χ1) is 6.76. The Hall–Kier alpha value is -0.710. The third-order valence-electron chi connectivity index (χ3n) is 1.77. The molecule has 1 aromatic rings. The van der Waals surface area contributed by atoms with Crippen molar-refractivity contribution in [1.82, 2.24) is 0 Å². The highest BCUT2D eigenvalue weighted by Gasteiger charge is 2.05. The average Bonchev–Trinajstić information content (AvgIpc) is 2.19. The molecule has 0 radical (unpaired) electrons. The fourth-order valence-corrected chi connectivity index (χ4v) is 2.00. The summed E-state index contributed by atoms with van der Waals surface area (Å²) in [5, 5.41) is 0. The van der Waals surface area contributed by atoms with Gasteiger partial charge in [0.05, 0.1) is 0 Å². The van der Waals surface area contributed by atoms with Gasteiger partial charge in [-0.05, 0) is 18.2 Å². The normalized spacial score (nSPS) is 10.8. The van der Waals surface area contributed by atoms with Gasteiger partial charge in [-0.2, -0.15) is 0 Å². The number of rotatable bonds is 5. The highest BCUT2D eigenvalue weighted by atomic mass is 32.2. The smallest absolute Gasteiger partial charge is 0.166 e. The summed E-state index contributed by atoms with van der Waals surface area (Å²) in [6.07, 6.45) is -0.165. The largest absolute Gasteiger partial charge is 0.399 e. The average molecular weight is 213 g/mol. The predicted octanol–water partition coefficient (Wildman–Crippen LogP) is 1.98. The van der Waals surface area contributed by atoms with E-state index in [4.69, 9.17) is 15.2 Å². The monoisotopic (exact) mass is 213 g/mol. The minimum Gasteiger partial charge on any atom is -0.399 e. The van der Waals surface area contributed by atoms with Crippen molar-refractivity contribution >= 4 is 17.4 Å². The van der Waals surface area contributed by atoms with Gasteiger partial charge in [-0.3, -0.25) is 0 Å². The molecule has 0 amide bonds. The van der Waals surface area contributed by atoms with Gasteiger partial charge in [0.2, 0.25) is 0 Å². The molecular weight excluding hydrogens is 198 g/mol. The molecule has 0 spiro atoms. The van der Waals surface area contributed by atoms with E-state index in [1.165, 1.54) is 0 Å². The van der Waals surface area contributed by atoms with Crippen molar-refractivity contribution < 1.29 is 9.47 Å². The molecule has 0 saturated carbocycles. The molecule has 14 heavy (non-hydrogen) atoms. The summed E-state index contributed by atoms with van der Waals surface area (Å²) in [5.74, 6) is 0.760. The van der Waals surface area contributed by atoms with Crippen LogP contribution in [0.3, 0.4) is 0 Å². The summed E-state index contributed by atoms with van der Waals surface area (Å²) in [4.78, 5) is 1.13. The molecule has 2 N–H and O–H groups in total. The molecule has 0 aliphatic carbocycles. The lowest BCUT2D eigenvalue weighted by Crippen LogP contribution is -2.15. The van der Waals surface area contributed by atoms with Crippen LogP contribution < -0.4 is 5.73 Å². The van der Waals surface area contributed by atoms with E-state index in [1.54, 1.807) is 26.0 Å². The van der Waals surface area contributed by atoms with Crippen molar-refractivity contribution in [1.29, 1.82) is 0 Å². The molecule has 1 rings (SSSR count). The SMILES string of the molecule is COC(CSc1cccc(N)c1)OC. The number of benzene rings is 1. The van der Waals surface area contributed by atoms with Crippen molar-refractivity contribution in [3.8, 4) is 0 Å². The molecule has 1 aromatic carbocycles. The standard InChI is InChI=1S/C10H15NO2S/c1-12-10(13-2)7-14-9-5-3-4-8(11)6-9/h3-6,10H,7,11H2,1-2H3. The maximum Gasteiger partial charge on any atom is 0.166 e. The first-order valence-corrected chi connectivity index (χ1v) is 5.28. The summed E-state index contributed by atoms with van der Waals surface area (Å²) in [6, 6.07) is 7.76. The summed E-state index contributed by atoms with van der Waals surface area (Å²) in [7, 11) is 3.27. The summed E-state index contributed by atoms with van der Waals surface area (Å²) in [5.41, 5.74) is 6.43. The van der Waals surface area contributed by atoms with Crippen LogP contribution in [0.4, 0.5) is 5.69 Å². The number of thioether (sulfide) groups is 1. The predicted molar refractivity (Wildman–Crippen MR) is 59.4 cm³/mol. The van der Waals surface area contributed by atoms with Gasteiger partial charge in [0, 0.05) is 30.6 Å². The van der Waals surface area contributed by atoms with Gasteiger partial charge in [0.25, 0.3) is 0 Å². The first-order valence-electron chi connectivity index (χ1n) is 4.30. The lowest BCUT2D eigenvalue weighted by Gasteiger charge is -2.12. The van der Waals surface area contributed by atoms with Gasteiger partial charge in [-0.15, -0.1) is 11.8 Å². The fourth-order valence-electron chi connectivity index (χ4n) is 1.00. The van der Waals surface area contributed by atoms with E-state index in [2.05, 4.69) is 0 Å². The zero-order valence-corrected chi connectivity index (χ0v) is 9.21. The van der Waals surface area contributed by atoms with Crippen LogP contribution in [0.1, 0.15) is 0 Å².